The molecule has 0 N–H and O–H groups in total. The molecule has 0 aliphatic heterocycles. The number of aryl methyl sites for hydroxylation is 1. The zero-order valence-corrected chi connectivity index (χ0v) is 9.13. The van der Waals surface area contributed by atoms with Gasteiger partial charge in [-0.2, -0.15) is 0 Å². The van der Waals surface area contributed by atoms with Crippen LogP contribution in [0, 0.1) is 6.92 Å². The molecular weight excluding hydrogens is 202 g/mol. The minimum atomic E-state index is -0.433. The van der Waals surface area contributed by atoms with Gasteiger partial charge in [-0.05, 0) is 26.8 Å². The van der Waals surface area contributed by atoms with Crippen LogP contribution in [0.25, 0.3) is 0 Å². The third-order valence-corrected chi connectivity index (χ3v) is 1.87. The van der Waals surface area contributed by atoms with Gasteiger partial charge < -0.3 is 4.74 Å². The van der Waals surface area contributed by atoms with E-state index >= 15 is 0 Å². The van der Waals surface area contributed by atoms with E-state index in [2.05, 4.69) is 4.98 Å². The number of pyridine rings is 1. The largest absolute Gasteiger partial charge is 0.459 e. The molecule has 0 aliphatic rings. The first-order chi connectivity index (χ1) is 6.50. The standard InChI is InChI=1S/C10H12ClNO2/c1-6(2)14-10(13)8-5-12-7(3)4-9(8)11/h4-6H,1-3H3. The van der Waals surface area contributed by atoms with E-state index in [1.54, 1.807) is 19.9 Å². The number of rotatable bonds is 2. The smallest absolute Gasteiger partial charge is 0.341 e. The summed E-state index contributed by atoms with van der Waals surface area (Å²) in [5.41, 5.74) is 1.09. The monoisotopic (exact) mass is 213 g/mol. The molecule has 3 nitrogen and oxygen atoms in total. The van der Waals surface area contributed by atoms with Crippen molar-refractivity contribution in [3.63, 3.8) is 0 Å². The first-order valence-electron chi connectivity index (χ1n) is 4.34. The van der Waals surface area contributed by atoms with Crippen molar-refractivity contribution < 1.29 is 9.53 Å². The molecule has 1 aromatic heterocycles. The first kappa shape index (κ1) is 11.0. The average molecular weight is 214 g/mol. The van der Waals surface area contributed by atoms with Crippen LogP contribution in [0.1, 0.15) is 29.9 Å². The summed E-state index contributed by atoms with van der Waals surface area (Å²) >= 11 is 5.87. The lowest BCUT2D eigenvalue weighted by molar-refractivity contribution is 0.0377. The van der Waals surface area contributed by atoms with Crippen molar-refractivity contribution in [1.82, 2.24) is 4.98 Å². The van der Waals surface area contributed by atoms with Gasteiger partial charge in [0, 0.05) is 11.9 Å². The van der Waals surface area contributed by atoms with Crippen LogP contribution in [0.3, 0.4) is 0 Å². The number of halogens is 1. The van der Waals surface area contributed by atoms with Crippen LogP contribution >= 0.6 is 11.6 Å². The maximum absolute atomic E-state index is 11.4. The van der Waals surface area contributed by atoms with Crippen LogP contribution in [-0.4, -0.2) is 17.1 Å². The number of carbonyl (C=O) groups excluding carboxylic acids is 1. The molecule has 0 radical (unpaired) electrons. The van der Waals surface area contributed by atoms with Crippen molar-refractivity contribution >= 4 is 17.6 Å². The molecule has 1 rings (SSSR count). The van der Waals surface area contributed by atoms with Crippen LogP contribution < -0.4 is 0 Å². The summed E-state index contributed by atoms with van der Waals surface area (Å²) in [7, 11) is 0. The van der Waals surface area contributed by atoms with Crippen molar-refractivity contribution in [2.75, 3.05) is 0 Å². The van der Waals surface area contributed by atoms with E-state index in [0.29, 0.717) is 10.6 Å². The maximum atomic E-state index is 11.4. The van der Waals surface area contributed by atoms with Gasteiger partial charge in [0.15, 0.2) is 0 Å². The third kappa shape index (κ3) is 2.70. The molecule has 0 aliphatic carbocycles. The number of hydrogen-bond acceptors (Lipinski definition) is 3. The molecule has 0 amide bonds. The number of ether oxygens (including phenoxy) is 1. The quantitative estimate of drug-likeness (QED) is 0.709. The molecule has 0 unspecified atom stereocenters. The van der Waals surface area contributed by atoms with Gasteiger partial charge in [0.25, 0.3) is 0 Å². The van der Waals surface area contributed by atoms with Crippen molar-refractivity contribution in [3.05, 3.63) is 28.5 Å². The fraction of sp³-hybridized carbons (Fsp3) is 0.400. The van der Waals surface area contributed by atoms with E-state index in [9.17, 15) is 4.79 Å². The SMILES string of the molecule is Cc1cc(Cl)c(C(=O)OC(C)C)cn1. The predicted molar refractivity (Wildman–Crippen MR) is 54.5 cm³/mol. The molecule has 0 saturated carbocycles. The van der Waals surface area contributed by atoms with Gasteiger partial charge >= 0.3 is 5.97 Å². The van der Waals surface area contributed by atoms with Gasteiger partial charge in [0.2, 0.25) is 0 Å². The predicted octanol–water partition coefficient (Wildman–Crippen LogP) is 2.61. The lowest BCUT2D eigenvalue weighted by atomic mass is 10.2. The number of aromatic nitrogens is 1. The molecule has 0 fully saturated rings. The van der Waals surface area contributed by atoms with Gasteiger partial charge in [-0.3, -0.25) is 4.98 Å². The molecule has 0 atom stereocenters. The summed E-state index contributed by atoms with van der Waals surface area (Å²) < 4.78 is 4.99. The Morgan fingerprint density at radius 1 is 1.57 bits per heavy atom. The van der Waals surface area contributed by atoms with Crippen LogP contribution in [-0.2, 0) is 4.74 Å². The molecule has 0 saturated heterocycles. The molecular formula is C10H12ClNO2. The van der Waals surface area contributed by atoms with Crippen molar-refractivity contribution in [2.24, 2.45) is 0 Å². The fourth-order valence-corrected chi connectivity index (χ4v) is 1.24. The number of hydrogen-bond donors (Lipinski definition) is 0. The van der Waals surface area contributed by atoms with E-state index in [-0.39, 0.29) is 6.10 Å². The Kier molecular flexibility index (Phi) is 3.47. The molecule has 4 heteroatoms. The number of carbonyl (C=O) groups is 1. The minimum absolute atomic E-state index is 0.153. The minimum Gasteiger partial charge on any atom is -0.459 e. The summed E-state index contributed by atoms with van der Waals surface area (Å²) in [6.45, 7) is 5.38. The van der Waals surface area contributed by atoms with Crippen molar-refractivity contribution in [3.8, 4) is 0 Å². The van der Waals surface area contributed by atoms with Gasteiger partial charge in [-0.25, -0.2) is 4.79 Å². The Hall–Kier alpha value is -1.09. The normalized spacial score (nSPS) is 10.4. The van der Waals surface area contributed by atoms with Gasteiger partial charge in [-0.15, -0.1) is 0 Å². The summed E-state index contributed by atoms with van der Waals surface area (Å²) in [5.74, 6) is -0.433. The van der Waals surface area contributed by atoms with E-state index in [0.717, 1.165) is 5.69 Å². The highest BCUT2D eigenvalue weighted by Crippen LogP contribution is 2.17. The summed E-state index contributed by atoms with van der Waals surface area (Å²) in [5, 5.41) is 0.378. The second kappa shape index (κ2) is 4.42. The maximum Gasteiger partial charge on any atom is 0.341 e. The van der Waals surface area contributed by atoms with Crippen LogP contribution in [0.5, 0.6) is 0 Å². The Bertz CT molecular complexity index is 350. The van der Waals surface area contributed by atoms with Gasteiger partial charge in [0.05, 0.1) is 16.7 Å². The van der Waals surface area contributed by atoms with Crippen LogP contribution in [0.15, 0.2) is 12.3 Å². The summed E-state index contributed by atoms with van der Waals surface area (Å²) in [6.07, 6.45) is 1.28. The summed E-state index contributed by atoms with van der Waals surface area (Å²) in [4.78, 5) is 15.4. The second-order valence-electron chi connectivity index (χ2n) is 3.26. The van der Waals surface area contributed by atoms with E-state index in [1.165, 1.54) is 6.20 Å². The Balaban J connectivity index is 2.90. The van der Waals surface area contributed by atoms with Crippen LogP contribution in [0.4, 0.5) is 0 Å². The Labute approximate surface area is 88.1 Å². The molecule has 14 heavy (non-hydrogen) atoms. The van der Waals surface area contributed by atoms with E-state index in [1.807, 2.05) is 6.92 Å². The lowest BCUT2D eigenvalue weighted by Crippen LogP contribution is -2.12. The van der Waals surface area contributed by atoms with Gasteiger partial charge in [-0.1, -0.05) is 11.6 Å². The Morgan fingerprint density at radius 2 is 2.21 bits per heavy atom. The number of nitrogens with zero attached hydrogens (tertiary/aromatic N) is 1. The number of esters is 1. The highest BCUT2D eigenvalue weighted by Gasteiger charge is 2.13. The van der Waals surface area contributed by atoms with E-state index < -0.39 is 5.97 Å². The molecule has 0 aromatic carbocycles. The molecule has 0 bridgehead atoms. The van der Waals surface area contributed by atoms with Crippen LogP contribution in [0.2, 0.25) is 5.02 Å². The molecule has 1 heterocycles. The third-order valence-electron chi connectivity index (χ3n) is 1.55. The molecule has 1 aromatic rings. The second-order valence-corrected chi connectivity index (χ2v) is 3.67. The zero-order chi connectivity index (χ0) is 10.7. The average Bonchev–Trinajstić information content (AvgIpc) is 2.01. The topological polar surface area (TPSA) is 39.2 Å². The Morgan fingerprint density at radius 3 is 2.71 bits per heavy atom. The lowest BCUT2D eigenvalue weighted by Gasteiger charge is -2.08. The fourth-order valence-electron chi connectivity index (χ4n) is 0.954. The summed E-state index contributed by atoms with van der Waals surface area (Å²) in [6, 6.07) is 1.64. The van der Waals surface area contributed by atoms with Gasteiger partial charge in [0.1, 0.15) is 0 Å². The highest BCUT2D eigenvalue weighted by atomic mass is 35.5. The van der Waals surface area contributed by atoms with Crippen molar-refractivity contribution in [1.29, 1.82) is 0 Å². The molecule has 0 spiro atoms. The highest BCUT2D eigenvalue weighted by molar-refractivity contribution is 6.33. The molecule has 76 valence electrons. The first-order valence-corrected chi connectivity index (χ1v) is 4.71. The van der Waals surface area contributed by atoms with E-state index in [4.69, 9.17) is 16.3 Å². The van der Waals surface area contributed by atoms with Crippen molar-refractivity contribution in [2.45, 2.75) is 26.9 Å². The zero-order valence-electron chi connectivity index (χ0n) is 8.37.